The van der Waals surface area contributed by atoms with Gasteiger partial charge in [0.1, 0.15) is 11.6 Å². The van der Waals surface area contributed by atoms with E-state index >= 15 is 0 Å². The van der Waals surface area contributed by atoms with Crippen LogP contribution in [0.15, 0.2) is 79.4 Å². The third kappa shape index (κ3) is 4.60. The number of hydrogen-bond acceptors (Lipinski definition) is 5. The number of aromatic nitrogens is 4. The summed E-state index contributed by atoms with van der Waals surface area (Å²) in [5.41, 5.74) is 2.75. The highest BCUT2D eigenvalue weighted by Crippen LogP contribution is 2.31. The van der Waals surface area contributed by atoms with Crippen LogP contribution in [0.3, 0.4) is 0 Å². The number of para-hydroxylation sites is 1. The zero-order chi connectivity index (χ0) is 19.9. The lowest BCUT2D eigenvalue weighted by atomic mass is 10.1. The second-order valence-electron chi connectivity index (χ2n) is 6.61. The molecule has 0 fully saturated rings. The van der Waals surface area contributed by atoms with Gasteiger partial charge in [-0.25, -0.2) is 15.0 Å². The van der Waals surface area contributed by atoms with Gasteiger partial charge in [0.25, 0.3) is 0 Å². The molecule has 0 atom stereocenters. The van der Waals surface area contributed by atoms with Gasteiger partial charge in [-0.2, -0.15) is 0 Å². The highest BCUT2D eigenvalue weighted by atomic mass is 16.5. The number of hydrogen-bond donors (Lipinski definition) is 1. The number of methoxy groups -OCH3 is 1. The van der Waals surface area contributed by atoms with E-state index < -0.39 is 0 Å². The summed E-state index contributed by atoms with van der Waals surface area (Å²) in [4.78, 5) is 13.6. The van der Waals surface area contributed by atoms with Crippen LogP contribution in [-0.2, 0) is 6.54 Å². The van der Waals surface area contributed by atoms with Crippen molar-refractivity contribution in [2.75, 3.05) is 19.0 Å². The molecule has 29 heavy (non-hydrogen) atoms. The molecule has 0 radical (unpaired) electrons. The van der Waals surface area contributed by atoms with E-state index in [1.807, 2.05) is 73.2 Å². The fraction of sp³-hybridized carbons (Fsp3) is 0.174. The zero-order valence-electron chi connectivity index (χ0n) is 16.3. The van der Waals surface area contributed by atoms with Crippen molar-refractivity contribution < 1.29 is 4.74 Å². The molecule has 1 N–H and O–H groups in total. The molecule has 0 spiro atoms. The van der Waals surface area contributed by atoms with E-state index in [4.69, 9.17) is 14.7 Å². The Balaban J connectivity index is 1.61. The number of nitrogens with zero attached hydrogens (tertiary/aromatic N) is 4. The Hall–Kier alpha value is -3.67. The molecule has 146 valence electrons. The summed E-state index contributed by atoms with van der Waals surface area (Å²) < 4.78 is 7.60. The fourth-order valence-corrected chi connectivity index (χ4v) is 3.15. The number of aryl methyl sites for hydroxylation is 1. The van der Waals surface area contributed by atoms with E-state index in [0.29, 0.717) is 5.82 Å². The van der Waals surface area contributed by atoms with Crippen LogP contribution in [0.5, 0.6) is 5.75 Å². The van der Waals surface area contributed by atoms with E-state index in [1.165, 1.54) is 0 Å². The summed E-state index contributed by atoms with van der Waals surface area (Å²) in [6.45, 7) is 1.71. The van der Waals surface area contributed by atoms with Crippen molar-refractivity contribution >= 4 is 5.82 Å². The number of benzene rings is 2. The highest BCUT2D eigenvalue weighted by Gasteiger charge is 2.12. The molecule has 0 bridgehead atoms. The smallest absolute Gasteiger partial charge is 0.162 e. The Labute approximate surface area is 170 Å². The lowest BCUT2D eigenvalue weighted by Gasteiger charge is -2.12. The van der Waals surface area contributed by atoms with Gasteiger partial charge in [-0.3, -0.25) is 0 Å². The Bertz CT molecular complexity index is 1050. The monoisotopic (exact) mass is 385 g/mol. The van der Waals surface area contributed by atoms with Gasteiger partial charge in [-0.05, 0) is 18.6 Å². The fourth-order valence-electron chi connectivity index (χ4n) is 3.15. The summed E-state index contributed by atoms with van der Waals surface area (Å²) in [5.74, 6) is 2.27. The van der Waals surface area contributed by atoms with E-state index in [1.54, 1.807) is 13.3 Å². The summed E-state index contributed by atoms with van der Waals surface area (Å²) in [7, 11) is 1.67. The summed E-state index contributed by atoms with van der Waals surface area (Å²) in [5, 5.41) is 3.44. The quantitative estimate of drug-likeness (QED) is 0.452. The van der Waals surface area contributed by atoms with Gasteiger partial charge in [0.05, 0.1) is 19.1 Å². The Morgan fingerprint density at radius 1 is 1.00 bits per heavy atom. The average Bonchev–Trinajstić information content (AvgIpc) is 3.31. The van der Waals surface area contributed by atoms with Gasteiger partial charge < -0.3 is 14.6 Å². The highest BCUT2D eigenvalue weighted by molar-refractivity contribution is 5.72. The minimum Gasteiger partial charge on any atom is -0.496 e. The second kappa shape index (κ2) is 9.01. The molecular weight excluding hydrogens is 362 g/mol. The molecule has 0 aliphatic heterocycles. The SMILES string of the molecule is COc1ccccc1-c1cc(NCCCn2ccnc2)nc(-c2ccccc2)n1. The molecule has 0 saturated heterocycles. The van der Waals surface area contributed by atoms with Crippen molar-refractivity contribution in [2.45, 2.75) is 13.0 Å². The maximum absolute atomic E-state index is 5.54. The first-order chi connectivity index (χ1) is 14.3. The molecule has 0 aliphatic carbocycles. The van der Waals surface area contributed by atoms with E-state index in [9.17, 15) is 0 Å². The molecule has 2 heterocycles. The Kier molecular flexibility index (Phi) is 5.81. The van der Waals surface area contributed by atoms with Crippen LogP contribution in [0.4, 0.5) is 5.82 Å². The topological polar surface area (TPSA) is 64.9 Å². The lowest BCUT2D eigenvalue weighted by molar-refractivity contribution is 0.416. The molecule has 0 saturated carbocycles. The number of anilines is 1. The maximum atomic E-state index is 5.54. The van der Waals surface area contributed by atoms with Crippen molar-refractivity contribution in [2.24, 2.45) is 0 Å². The van der Waals surface area contributed by atoms with Crippen molar-refractivity contribution in [3.63, 3.8) is 0 Å². The van der Waals surface area contributed by atoms with Gasteiger partial charge in [0, 0.05) is 42.7 Å². The average molecular weight is 385 g/mol. The number of ether oxygens (including phenoxy) is 1. The minimum absolute atomic E-state index is 0.686. The molecule has 2 aromatic heterocycles. The number of nitrogens with one attached hydrogen (secondary N) is 1. The van der Waals surface area contributed by atoms with Crippen molar-refractivity contribution in [3.8, 4) is 28.4 Å². The van der Waals surface area contributed by atoms with Gasteiger partial charge in [0.2, 0.25) is 0 Å². The van der Waals surface area contributed by atoms with Gasteiger partial charge >= 0.3 is 0 Å². The van der Waals surface area contributed by atoms with Gasteiger partial charge in [-0.15, -0.1) is 0 Å². The molecule has 4 rings (SSSR count). The Morgan fingerprint density at radius 2 is 1.83 bits per heavy atom. The number of rotatable bonds is 8. The minimum atomic E-state index is 0.686. The van der Waals surface area contributed by atoms with E-state index in [-0.39, 0.29) is 0 Å². The summed E-state index contributed by atoms with van der Waals surface area (Å²) in [6.07, 6.45) is 6.56. The standard InChI is InChI=1S/C23H23N5O/c1-29-21-11-6-5-10-19(21)20-16-22(25-12-7-14-28-15-13-24-17-28)27-23(26-20)18-8-3-2-4-9-18/h2-6,8-11,13,15-17H,7,12,14H2,1H3,(H,25,26,27). The molecule has 4 aromatic rings. The molecule has 0 aliphatic rings. The predicted octanol–water partition coefficient (Wildman–Crippen LogP) is 4.52. The first kappa shape index (κ1) is 18.7. The van der Waals surface area contributed by atoms with Crippen LogP contribution in [0.25, 0.3) is 22.6 Å². The van der Waals surface area contributed by atoms with Crippen LogP contribution in [-0.4, -0.2) is 33.2 Å². The molecule has 2 aromatic carbocycles. The molecule has 6 nitrogen and oxygen atoms in total. The van der Waals surface area contributed by atoms with E-state index in [2.05, 4.69) is 14.9 Å². The van der Waals surface area contributed by atoms with Crippen molar-refractivity contribution in [1.29, 1.82) is 0 Å². The number of imidazole rings is 1. The maximum Gasteiger partial charge on any atom is 0.162 e. The third-order valence-corrected chi connectivity index (χ3v) is 4.60. The first-order valence-corrected chi connectivity index (χ1v) is 9.61. The zero-order valence-corrected chi connectivity index (χ0v) is 16.3. The summed E-state index contributed by atoms with van der Waals surface area (Å²) in [6, 6.07) is 19.9. The molecule has 0 amide bonds. The molecular formula is C23H23N5O. The third-order valence-electron chi connectivity index (χ3n) is 4.60. The van der Waals surface area contributed by atoms with Crippen LogP contribution in [0.1, 0.15) is 6.42 Å². The normalized spacial score (nSPS) is 10.7. The molecule has 0 unspecified atom stereocenters. The predicted molar refractivity (Wildman–Crippen MR) is 115 cm³/mol. The lowest BCUT2D eigenvalue weighted by Crippen LogP contribution is -2.08. The van der Waals surface area contributed by atoms with Crippen LogP contribution in [0, 0.1) is 0 Å². The molecule has 6 heteroatoms. The van der Waals surface area contributed by atoms with Crippen LogP contribution in [0.2, 0.25) is 0 Å². The Morgan fingerprint density at radius 3 is 2.62 bits per heavy atom. The van der Waals surface area contributed by atoms with Crippen LogP contribution < -0.4 is 10.1 Å². The second-order valence-corrected chi connectivity index (χ2v) is 6.61. The first-order valence-electron chi connectivity index (χ1n) is 9.61. The van der Waals surface area contributed by atoms with Crippen molar-refractivity contribution in [3.05, 3.63) is 79.4 Å². The van der Waals surface area contributed by atoms with Crippen molar-refractivity contribution in [1.82, 2.24) is 19.5 Å². The van der Waals surface area contributed by atoms with E-state index in [0.717, 1.165) is 47.9 Å². The van der Waals surface area contributed by atoms with Gasteiger partial charge in [0.15, 0.2) is 5.82 Å². The van der Waals surface area contributed by atoms with Gasteiger partial charge in [-0.1, -0.05) is 42.5 Å². The largest absolute Gasteiger partial charge is 0.496 e. The van der Waals surface area contributed by atoms with Crippen LogP contribution >= 0.6 is 0 Å². The summed E-state index contributed by atoms with van der Waals surface area (Å²) >= 11 is 0.